The molecule has 0 aromatic carbocycles. The zero-order valence-corrected chi connectivity index (χ0v) is 8.73. The van der Waals surface area contributed by atoms with Crippen molar-refractivity contribution in [2.24, 2.45) is 5.41 Å². The molecule has 1 aliphatic carbocycles. The molecule has 1 saturated heterocycles. The summed E-state index contributed by atoms with van der Waals surface area (Å²) in [5, 5.41) is 0. The van der Waals surface area contributed by atoms with Crippen LogP contribution >= 0.6 is 0 Å². The second-order valence-electron chi connectivity index (χ2n) is 3.62. The van der Waals surface area contributed by atoms with Gasteiger partial charge in [-0.2, -0.15) is 0 Å². The number of halogens is 1. The molecule has 10 heavy (non-hydrogen) atoms. The van der Waals surface area contributed by atoms with Gasteiger partial charge in [-0.25, -0.2) is 0 Å². The maximum absolute atomic E-state index is 2.71. The predicted octanol–water partition coefficient (Wildman–Crippen LogP) is -1.50. The van der Waals surface area contributed by atoms with E-state index in [-0.39, 0.29) is 0 Å². The molecular weight excluding hydrogens is 237 g/mol. The first kappa shape index (κ1) is 7.35. The SMILES string of the molecule is C[I-]N1CCC2(CCC2)C1. The van der Waals surface area contributed by atoms with Crippen LogP contribution in [0.2, 0.25) is 0 Å². The Bertz CT molecular complexity index is 131. The first-order valence-corrected chi connectivity index (χ1v) is 7.22. The molecule has 0 radical (unpaired) electrons. The monoisotopic (exact) mass is 252 g/mol. The summed E-state index contributed by atoms with van der Waals surface area (Å²) in [6.45, 7) is 2.88. The van der Waals surface area contributed by atoms with Crippen LogP contribution in [0.4, 0.5) is 0 Å². The molecule has 2 fully saturated rings. The molecule has 2 heteroatoms. The van der Waals surface area contributed by atoms with E-state index in [2.05, 4.69) is 8.04 Å². The van der Waals surface area contributed by atoms with Crippen LogP contribution in [-0.4, -0.2) is 21.1 Å². The summed E-state index contributed by atoms with van der Waals surface area (Å²) in [5.74, 6) is 0. The van der Waals surface area contributed by atoms with E-state index in [9.17, 15) is 0 Å². The Morgan fingerprint density at radius 2 is 2.10 bits per heavy atom. The Morgan fingerprint density at radius 3 is 2.40 bits per heavy atom. The van der Waals surface area contributed by atoms with E-state index >= 15 is 0 Å². The standard InChI is InChI=1S/C8H15IN/c1-9-10-6-5-8(7-10)3-2-4-8/h2-7H2,1H3/q-1. The van der Waals surface area contributed by atoms with Crippen LogP contribution < -0.4 is 21.5 Å². The van der Waals surface area contributed by atoms with Crippen molar-refractivity contribution in [3.63, 3.8) is 0 Å². The average Bonchev–Trinajstić information content (AvgIpc) is 2.29. The normalized spacial score (nSPS) is 31.3. The molecular formula is C8H15IN-. The third-order valence-electron chi connectivity index (χ3n) is 3.04. The Morgan fingerprint density at radius 1 is 1.30 bits per heavy atom. The van der Waals surface area contributed by atoms with E-state index in [1.165, 1.54) is 38.8 Å². The van der Waals surface area contributed by atoms with Crippen LogP contribution in [0, 0.1) is 5.41 Å². The van der Waals surface area contributed by atoms with Crippen molar-refractivity contribution in [3.05, 3.63) is 0 Å². The fraction of sp³-hybridized carbons (Fsp3) is 1.00. The molecule has 0 unspecified atom stereocenters. The first-order chi connectivity index (χ1) is 4.85. The van der Waals surface area contributed by atoms with Crippen molar-refractivity contribution in [1.82, 2.24) is 3.11 Å². The van der Waals surface area contributed by atoms with Crippen molar-refractivity contribution in [2.45, 2.75) is 25.7 Å². The van der Waals surface area contributed by atoms with Gasteiger partial charge in [0, 0.05) is 0 Å². The minimum absolute atomic E-state index is 0.405. The fourth-order valence-corrected chi connectivity index (χ4v) is 3.90. The molecule has 0 aromatic heterocycles. The first-order valence-electron chi connectivity index (χ1n) is 4.09. The van der Waals surface area contributed by atoms with Crippen molar-refractivity contribution in [2.75, 3.05) is 18.0 Å². The van der Waals surface area contributed by atoms with Crippen LogP contribution in [-0.2, 0) is 0 Å². The van der Waals surface area contributed by atoms with Gasteiger partial charge in [0.05, 0.1) is 0 Å². The fourth-order valence-electron chi connectivity index (χ4n) is 2.11. The van der Waals surface area contributed by atoms with Gasteiger partial charge < -0.3 is 0 Å². The Balaban J connectivity index is 1.92. The molecule has 1 saturated carbocycles. The second kappa shape index (κ2) is 2.63. The molecule has 1 spiro atoms. The van der Waals surface area contributed by atoms with Crippen LogP contribution in [0.5, 0.6) is 0 Å². The van der Waals surface area contributed by atoms with Gasteiger partial charge in [0.25, 0.3) is 0 Å². The molecule has 60 valence electrons. The minimum atomic E-state index is 0.405. The van der Waals surface area contributed by atoms with E-state index in [1.54, 1.807) is 0 Å². The summed E-state index contributed by atoms with van der Waals surface area (Å²) in [7, 11) is 0. The van der Waals surface area contributed by atoms with Crippen LogP contribution in [0.15, 0.2) is 0 Å². The van der Waals surface area contributed by atoms with Crippen molar-refractivity contribution < 1.29 is 21.5 Å². The zero-order valence-electron chi connectivity index (χ0n) is 6.57. The number of hydrogen-bond donors (Lipinski definition) is 0. The summed E-state index contributed by atoms with van der Waals surface area (Å²) >= 11 is 0.405. The van der Waals surface area contributed by atoms with Gasteiger partial charge in [0.15, 0.2) is 0 Å². The third-order valence-corrected chi connectivity index (χ3v) is 5.23. The van der Waals surface area contributed by atoms with Gasteiger partial charge in [-0.05, 0) is 0 Å². The van der Waals surface area contributed by atoms with Gasteiger partial charge in [-0.15, -0.1) is 0 Å². The van der Waals surface area contributed by atoms with Gasteiger partial charge in [0.1, 0.15) is 0 Å². The maximum atomic E-state index is 2.71. The van der Waals surface area contributed by atoms with Crippen molar-refractivity contribution in [3.8, 4) is 0 Å². The topological polar surface area (TPSA) is 3.24 Å². The molecule has 2 aliphatic rings. The number of alkyl halides is 1. The molecule has 2 rings (SSSR count). The summed E-state index contributed by atoms with van der Waals surface area (Å²) in [6, 6.07) is 0. The van der Waals surface area contributed by atoms with Crippen molar-refractivity contribution in [1.29, 1.82) is 0 Å². The molecule has 1 nitrogen and oxygen atoms in total. The molecule has 1 heterocycles. The average molecular weight is 252 g/mol. The number of hydrogen-bond acceptors (Lipinski definition) is 1. The van der Waals surface area contributed by atoms with Crippen LogP contribution in [0.3, 0.4) is 0 Å². The van der Waals surface area contributed by atoms with E-state index in [1.807, 2.05) is 0 Å². The molecule has 0 bridgehead atoms. The predicted molar refractivity (Wildman–Crippen MR) is 38.4 cm³/mol. The van der Waals surface area contributed by atoms with Gasteiger partial charge in [0.2, 0.25) is 0 Å². The second-order valence-corrected chi connectivity index (χ2v) is 5.95. The molecule has 0 atom stereocenters. The molecule has 0 N–H and O–H groups in total. The van der Waals surface area contributed by atoms with E-state index in [0.717, 1.165) is 5.41 Å². The third kappa shape index (κ3) is 1.09. The summed E-state index contributed by atoms with van der Waals surface area (Å²) < 4.78 is 2.71. The van der Waals surface area contributed by atoms with Gasteiger partial charge in [-0.3, -0.25) is 0 Å². The molecule has 0 aromatic rings. The number of nitrogens with zero attached hydrogens (tertiary/aromatic N) is 1. The zero-order chi connectivity index (χ0) is 7.03. The Labute approximate surface area is 73.8 Å². The summed E-state index contributed by atoms with van der Waals surface area (Å²) in [6.07, 6.45) is 6.09. The summed E-state index contributed by atoms with van der Waals surface area (Å²) in [4.78, 5) is 2.39. The van der Waals surface area contributed by atoms with Gasteiger partial charge in [-0.1, -0.05) is 0 Å². The van der Waals surface area contributed by atoms with E-state index < -0.39 is 0 Å². The summed E-state index contributed by atoms with van der Waals surface area (Å²) in [5.41, 5.74) is 0.843. The quantitative estimate of drug-likeness (QED) is 0.312. The Kier molecular flexibility index (Phi) is 1.93. The van der Waals surface area contributed by atoms with E-state index in [4.69, 9.17) is 0 Å². The molecule has 1 aliphatic heterocycles. The van der Waals surface area contributed by atoms with Crippen LogP contribution in [0.1, 0.15) is 25.7 Å². The van der Waals surface area contributed by atoms with E-state index in [0.29, 0.717) is 21.5 Å². The molecule has 0 amide bonds. The number of rotatable bonds is 1. The van der Waals surface area contributed by atoms with Gasteiger partial charge >= 0.3 is 73.7 Å². The van der Waals surface area contributed by atoms with Crippen molar-refractivity contribution >= 4 is 0 Å². The van der Waals surface area contributed by atoms with Crippen LogP contribution in [0.25, 0.3) is 0 Å². The Hall–Kier alpha value is 0.690.